The SMILES string of the molecule is Cc1ccc([N+](=O)[O-])cc1NC(=O)c1cc(S(=O)(=O)N(C)C)ccc1N1CCCCC1. The van der Waals surface area contributed by atoms with Gasteiger partial charge in [-0.25, -0.2) is 12.7 Å². The number of hydrogen-bond donors (Lipinski definition) is 1. The zero-order chi connectivity index (χ0) is 22.8. The lowest BCUT2D eigenvalue weighted by Crippen LogP contribution is -2.32. The van der Waals surface area contributed by atoms with E-state index in [0.29, 0.717) is 16.9 Å². The smallest absolute Gasteiger partial charge is 0.271 e. The largest absolute Gasteiger partial charge is 0.371 e. The van der Waals surface area contributed by atoms with Crippen molar-refractivity contribution < 1.29 is 18.1 Å². The second-order valence-electron chi connectivity index (χ2n) is 7.72. The van der Waals surface area contributed by atoms with Crippen LogP contribution in [0.5, 0.6) is 0 Å². The van der Waals surface area contributed by atoms with Crippen LogP contribution in [0, 0.1) is 17.0 Å². The maximum Gasteiger partial charge on any atom is 0.271 e. The van der Waals surface area contributed by atoms with Crippen molar-refractivity contribution in [2.75, 3.05) is 37.4 Å². The zero-order valence-corrected chi connectivity index (χ0v) is 18.6. The van der Waals surface area contributed by atoms with Gasteiger partial charge in [0.15, 0.2) is 0 Å². The topological polar surface area (TPSA) is 113 Å². The van der Waals surface area contributed by atoms with Crippen LogP contribution in [0.2, 0.25) is 0 Å². The van der Waals surface area contributed by atoms with E-state index < -0.39 is 20.9 Å². The molecule has 0 aromatic heterocycles. The Hall–Kier alpha value is -2.98. The van der Waals surface area contributed by atoms with E-state index in [0.717, 1.165) is 36.7 Å². The summed E-state index contributed by atoms with van der Waals surface area (Å²) in [5.74, 6) is -0.514. The Balaban J connectivity index is 2.05. The minimum Gasteiger partial charge on any atom is -0.371 e. The monoisotopic (exact) mass is 446 g/mol. The number of amides is 1. The lowest BCUT2D eigenvalue weighted by atomic mass is 10.1. The summed E-state index contributed by atoms with van der Waals surface area (Å²) in [4.78, 5) is 25.9. The number of nitrogens with zero attached hydrogens (tertiary/aromatic N) is 3. The molecule has 0 saturated carbocycles. The van der Waals surface area contributed by atoms with Gasteiger partial charge in [0.05, 0.1) is 21.1 Å². The first kappa shape index (κ1) is 22.7. The maximum absolute atomic E-state index is 13.2. The van der Waals surface area contributed by atoms with Crippen LogP contribution in [0.15, 0.2) is 41.3 Å². The molecule has 2 aromatic carbocycles. The quantitative estimate of drug-likeness (QED) is 0.538. The maximum atomic E-state index is 13.2. The van der Waals surface area contributed by atoms with E-state index in [4.69, 9.17) is 0 Å². The number of nitro benzene ring substituents is 1. The lowest BCUT2D eigenvalue weighted by molar-refractivity contribution is -0.384. The van der Waals surface area contributed by atoms with Crippen molar-refractivity contribution >= 4 is 33.0 Å². The highest BCUT2D eigenvalue weighted by molar-refractivity contribution is 7.89. The standard InChI is InChI=1S/C21H26N4O5S/c1-15-7-8-16(25(27)28)13-19(15)22-21(26)18-14-17(31(29,30)23(2)3)9-10-20(18)24-11-5-4-6-12-24/h7-10,13-14H,4-6,11-12H2,1-3H3,(H,22,26). The highest BCUT2D eigenvalue weighted by Crippen LogP contribution is 2.29. The number of aryl methyl sites for hydroxylation is 1. The second-order valence-corrected chi connectivity index (χ2v) is 9.88. The summed E-state index contributed by atoms with van der Waals surface area (Å²) in [6.07, 6.45) is 3.09. The van der Waals surface area contributed by atoms with Crippen molar-refractivity contribution in [3.8, 4) is 0 Å². The van der Waals surface area contributed by atoms with Crippen LogP contribution < -0.4 is 10.2 Å². The third kappa shape index (κ3) is 4.86. The van der Waals surface area contributed by atoms with E-state index in [1.165, 1.54) is 38.4 Å². The van der Waals surface area contributed by atoms with Crippen LogP contribution in [0.3, 0.4) is 0 Å². The fourth-order valence-corrected chi connectivity index (χ4v) is 4.46. The van der Waals surface area contributed by atoms with Crippen LogP contribution in [0.1, 0.15) is 35.2 Å². The van der Waals surface area contributed by atoms with E-state index in [9.17, 15) is 23.3 Å². The summed E-state index contributed by atoms with van der Waals surface area (Å²) in [6, 6.07) is 8.78. The predicted molar refractivity (Wildman–Crippen MR) is 119 cm³/mol. The molecule has 0 unspecified atom stereocenters. The van der Waals surface area contributed by atoms with Crippen molar-refractivity contribution in [3.05, 3.63) is 57.6 Å². The average Bonchev–Trinajstić information content (AvgIpc) is 2.75. The molecule has 10 heteroatoms. The number of sulfonamides is 1. The molecule has 0 bridgehead atoms. The van der Waals surface area contributed by atoms with Crippen LogP contribution in [-0.4, -0.2) is 50.7 Å². The number of rotatable bonds is 6. The van der Waals surface area contributed by atoms with Crippen LogP contribution in [0.25, 0.3) is 0 Å². The number of nitrogens with one attached hydrogen (secondary N) is 1. The van der Waals surface area contributed by atoms with Gasteiger partial charge in [-0.2, -0.15) is 0 Å². The van der Waals surface area contributed by atoms with E-state index in [1.54, 1.807) is 19.1 Å². The minimum atomic E-state index is -3.73. The van der Waals surface area contributed by atoms with Crippen molar-refractivity contribution in [1.29, 1.82) is 0 Å². The first-order valence-corrected chi connectivity index (χ1v) is 11.4. The molecule has 2 aromatic rings. The number of benzene rings is 2. The second kappa shape index (κ2) is 9.03. The highest BCUT2D eigenvalue weighted by Gasteiger charge is 2.24. The fourth-order valence-electron chi connectivity index (χ4n) is 3.53. The van der Waals surface area contributed by atoms with Gasteiger partial charge in [-0.15, -0.1) is 0 Å². The molecule has 0 radical (unpaired) electrons. The molecule has 1 amide bonds. The van der Waals surface area contributed by atoms with Crippen molar-refractivity contribution in [2.24, 2.45) is 0 Å². The van der Waals surface area contributed by atoms with Gasteiger partial charge in [0.1, 0.15) is 0 Å². The Morgan fingerprint density at radius 3 is 2.39 bits per heavy atom. The van der Waals surface area contributed by atoms with Gasteiger partial charge in [0.2, 0.25) is 10.0 Å². The molecule has 0 spiro atoms. The molecule has 9 nitrogen and oxygen atoms in total. The molecule has 1 aliphatic heterocycles. The normalized spacial score (nSPS) is 14.5. The molecule has 1 saturated heterocycles. The Bertz CT molecular complexity index is 1110. The zero-order valence-electron chi connectivity index (χ0n) is 17.8. The van der Waals surface area contributed by atoms with E-state index in [1.807, 2.05) is 0 Å². The summed E-state index contributed by atoms with van der Waals surface area (Å²) in [7, 11) is -0.873. The number of carbonyl (C=O) groups excluding carboxylic acids is 1. The molecule has 3 rings (SSSR count). The number of nitro groups is 1. The van der Waals surface area contributed by atoms with Gasteiger partial charge in [-0.3, -0.25) is 14.9 Å². The van der Waals surface area contributed by atoms with Crippen molar-refractivity contribution in [2.45, 2.75) is 31.1 Å². The van der Waals surface area contributed by atoms with E-state index in [-0.39, 0.29) is 16.1 Å². The molecule has 31 heavy (non-hydrogen) atoms. The molecule has 1 aliphatic rings. The molecule has 166 valence electrons. The lowest BCUT2D eigenvalue weighted by Gasteiger charge is -2.30. The number of non-ortho nitro benzene ring substituents is 1. The molecule has 0 atom stereocenters. The van der Waals surface area contributed by atoms with Crippen LogP contribution in [-0.2, 0) is 10.0 Å². The number of piperidine rings is 1. The molecule has 1 heterocycles. The third-order valence-corrected chi connectivity index (χ3v) is 7.18. The van der Waals surface area contributed by atoms with Crippen LogP contribution in [0.4, 0.5) is 17.1 Å². The van der Waals surface area contributed by atoms with Gasteiger partial charge in [0, 0.05) is 45.0 Å². The molecule has 1 fully saturated rings. The number of hydrogen-bond acceptors (Lipinski definition) is 6. The van der Waals surface area contributed by atoms with Crippen molar-refractivity contribution in [3.63, 3.8) is 0 Å². The summed E-state index contributed by atoms with van der Waals surface area (Å²) >= 11 is 0. The first-order valence-electron chi connectivity index (χ1n) is 9.99. The number of carbonyl (C=O) groups is 1. The van der Waals surface area contributed by atoms with E-state index in [2.05, 4.69) is 10.2 Å². The molecule has 0 aliphatic carbocycles. The first-order chi connectivity index (χ1) is 14.6. The van der Waals surface area contributed by atoms with Gasteiger partial charge >= 0.3 is 0 Å². The molecule has 1 N–H and O–H groups in total. The fraction of sp³-hybridized carbons (Fsp3) is 0.381. The Morgan fingerprint density at radius 1 is 1.10 bits per heavy atom. The minimum absolute atomic E-state index is 0.0131. The Morgan fingerprint density at radius 2 is 1.77 bits per heavy atom. The molecular formula is C21H26N4O5S. The Labute approximate surface area is 181 Å². The van der Waals surface area contributed by atoms with Gasteiger partial charge in [-0.05, 0) is 49.9 Å². The summed E-state index contributed by atoms with van der Waals surface area (Å²) in [5, 5.41) is 13.8. The summed E-state index contributed by atoms with van der Waals surface area (Å²) in [6.45, 7) is 3.28. The van der Waals surface area contributed by atoms with E-state index >= 15 is 0 Å². The summed E-state index contributed by atoms with van der Waals surface area (Å²) < 4.78 is 26.4. The summed E-state index contributed by atoms with van der Waals surface area (Å²) in [5.41, 5.74) is 1.70. The molecular weight excluding hydrogens is 420 g/mol. The predicted octanol–water partition coefficient (Wildman–Crippen LogP) is 3.40. The van der Waals surface area contributed by atoms with Gasteiger partial charge in [-0.1, -0.05) is 6.07 Å². The van der Waals surface area contributed by atoms with Gasteiger partial charge < -0.3 is 10.2 Å². The van der Waals surface area contributed by atoms with Crippen molar-refractivity contribution in [1.82, 2.24) is 4.31 Å². The highest BCUT2D eigenvalue weighted by atomic mass is 32.2. The number of anilines is 2. The van der Waals surface area contributed by atoms with Crippen LogP contribution >= 0.6 is 0 Å². The van der Waals surface area contributed by atoms with Gasteiger partial charge in [0.25, 0.3) is 11.6 Å². The third-order valence-electron chi connectivity index (χ3n) is 5.37. The average molecular weight is 447 g/mol. The Kier molecular flexibility index (Phi) is 6.61.